The Balaban J connectivity index is 2.60. The zero-order valence-electron chi connectivity index (χ0n) is 11.7. The van der Waals surface area contributed by atoms with Crippen molar-refractivity contribution in [1.82, 2.24) is 16.0 Å². The molecule has 1 fully saturated rings. The molecule has 10 heteroatoms. The molecule has 9 nitrogen and oxygen atoms in total. The average molecular weight is 333 g/mol. The molecule has 0 unspecified atom stereocenters. The first-order valence-electron chi connectivity index (χ1n) is 6.74. The van der Waals surface area contributed by atoms with Crippen molar-refractivity contribution in [2.75, 3.05) is 12.3 Å². The molecule has 2 amide bonds. The molecule has 0 saturated carbocycles. The third-order valence-electron chi connectivity index (χ3n) is 3.19. The van der Waals surface area contributed by atoms with Gasteiger partial charge < -0.3 is 26.2 Å². The minimum atomic E-state index is -1.56. The highest BCUT2D eigenvalue weighted by Gasteiger charge is 2.29. The lowest BCUT2D eigenvalue weighted by Crippen LogP contribution is -2.55. The molecule has 0 bridgehead atoms. The summed E-state index contributed by atoms with van der Waals surface area (Å²) in [5.41, 5.74) is 0. The molecule has 1 heterocycles. The van der Waals surface area contributed by atoms with E-state index in [0.29, 0.717) is 6.42 Å². The zero-order chi connectivity index (χ0) is 16.7. The van der Waals surface area contributed by atoms with Crippen molar-refractivity contribution >= 4 is 36.4 Å². The Labute approximate surface area is 132 Å². The van der Waals surface area contributed by atoms with Gasteiger partial charge in [0, 0.05) is 5.75 Å². The van der Waals surface area contributed by atoms with Gasteiger partial charge in [-0.05, 0) is 19.4 Å². The van der Waals surface area contributed by atoms with E-state index in [9.17, 15) is 19.2 Å². The summed E-state index contributed by atoms with van der Waals surface area (Å²) in [5, 5.41) is 25.0. The van der Waals surface area contributed by atoms with E-state index in [2.05, 4.69) is 28.6 Å². The fourth-order valence-electron chi connectivity index (χ4n) is 2.02. The maximum Gasteiger partial charge on any atom is 0.326 e. The Morgan fingerprint density at radius 1 is 1.18 bits per heavy atom. The van der Waals surface area contributed by atoms with Crippen LogP contribution in [-0.4, -0.2) is 64.4 Å². The SMILES string of the molecule is O=C(O)C[C@H](NC(=O)[C@H](CS)NC(=O)[C@@H]1CCCN1)C(=O)O. The van der Waals surface area contributed by atoms with Gasteiger partial charge in [-0.15, -0.1) is 0 Å². The average Bonchev–Trinajstić information content (AvgIpc) is 2.97. The molecule has 5 N–H and O–H groups in total. The second-order valence-corrected chi connectivity index (χ2v) is 5.26. The van der Waals surface area contributed by atoms with Gasteiger partial charge in [0.2, 0.25) is 11.8 Å². The summed E-state index contributed by atoms with van der Waals surface area (Å²) < 4.78 is 0. The Morgan fingerprint density at radius 2 is 1.86 bits per heavy atom. The number of rotatable bonds is 8. The van der Waals surface area contributed by atoms with Gasteiger partial charge in [0.15, 0.2) is 0 Å². The molecule has 0 aliphatic carbocycles. The summed E-state index contributed by atoms with van der Waals surface area (Å²) in [6.07, 6.45) is 0.761. The van der Waals surface area contributed by atoms with E-state index >= 15 is 0 Å². The molecular weight excluding hydrogens is 314 g/mol. The lowest BCUT2D eigenvalue weighted by Gasteiger charge is -2.21. The van der Waals surface area contributed by atoms with E-state index in [1.165, 1.54) is 0 Å². The second kappa shape index (κ2) is 8.59. The molecule has 0 aromatic carbocycles. The highest BCUT2D eigenvalue weighted by Crippen LogP contribution is 2.05. The van der Waals surface area contributed by atoms with E-state index in [4.69, 9.17) is 10.2 Å². The maximum atomic E-state index is 12.0. The minimum Gasteiger partial charge on any atom is -0.481 e. The predicted molar refractivity (Wildman–Crippen MR) is 78.6 cm³/mol. The molecule has 0 spiro atoms. The predicted octanol–water partition coefficient (Wildman–Crippen LogP) is -1.80. The van der Waals surface area contributed by atoms with Gasteiger partial charge >= 0.3 is 11.9 Å². The Morgan fingerprint density at radius 3 is 2.32 bits per heavy atom. The van der Waals surface area contributed by atoms with Crippen LogP contribution < -0.4 is 16.0 Å². The summed E-state index contributed by atoms with van der Waals surface area (Å²) >= 11 is 3.96. The molecular formula is C12H19N3O6S. The number of amides is 2. The summed E-state index contributed by atoms with van der Waals surface area (Å²) in [4.78, 5) is 45.4. The number of carbonyl (C=O) groups is 4. The van der Waals surface area contributed by atoms with Gasteiger partial charge in [-0.3, -0.25) is 14.4 Å². The summed E-state index contributed by atoms with van der Waals surface area (Å²) in [6, 6.07) is -2.98. The van der Waals surface area contributed by atoms with Gasteiger partial charge in [0.1, 0.15) is 12.1 Å². The van der Waals surface area contributed by atoms with Crippen molar-refractivity contribution in [3.05, 3.63) is 0 Å². The topological polar surface area (TPSA) is 145 Å². The van der Waals surface area contributed by atoms with Gasteiger partial charge in [0.05, 0.1) is 12.5 Å². The number of nitrogens with one attached hydrogen (secondary N) is 3. The largest absolute Gasteiger partial charge is 0.481 e. The molecule has 0 aromatic heterocycles. The first-order valence-corrected chi connectivity index (χ1v) is 7.38. The molecule has 1 saturated heterocycles. The Bertz CT molecular complexity index is 452. The zero-order valence-corrected chi connectivity index (χ0v) is 12.6. The lowest BCUT2D eigenvalue weighted by atomic mass is 10.1. The van der Waals surface area contributed by atoms with E-state index in [1.54, 1.807) is 0 Å². The molecule has 0 radical (unpaired) electrons. The van der Waals surface area contributed by atoms with E-state index in [0.717, 1.165) is 13.0 Å². The van der Waals surface area contributed by atoms with Crippen LogP contribution in [-0.2, 0) is 19.2 Å². The smallest absolute Gasteiger partial charge is 0.326 e. The third kappa shape index (κ3) is 5.53. The summed E-state index contributed by atoms with van der Waals surface area (Å²) in [5.74, 6) is -4.00. The highest BCUT2D eigenvalue weighted by molar-refractivity contribution is 7.80. The van der Waals surface area contributed by atoms with Gasteiger partial charge in [0.25, 0.3) is 0 Å². The van der Waals surface area contributed by atoms with Gasteiger partial charge in [-0.25, -0.2) is 4.79 Å². The molecule has 1 aliphatic heterocycles. The first kappa shape index (κ1) is 18.2. The van der Waals surface area contributed by atoms with Crippen LogP contribution in [0.4, 0.5) is 0 Å². The van der Waals surface area contributed by atoms with E-state index in [-0.39, 0.29) is 17.7 Å². The van der Waals surface area contributed by atoms with E-state index in [1.807, 2.05) is 0 Å². The number of thiol groups is 1. The molecule has 124 valence electrons. The number of carboxylic acid groups (broad SMARTS) is 2. The Hall–Kier alpha value is -1.81. The Kier molecular flexibility index (Phi) is 7.12. The van der Waals surface area contributed by atoms with Crippen LogP contribution in [0.25, 0.3) is 0 Å². The van der Waals surface area contributed by atoms with Crippen molar-refractivity contribution in [2.45, 2.75) is 37.4 Å². The number of hydrogen-bond acceptors (Lipinski definition) is 6. The normalized spacial score (nSPS) is 20.0. The molecule has 1 aliphatic rings. The lowest BCUT2D eigenvalue weighted by molar-refractivity contribution is -0.147. The van der Waals surface area contributed by atoms with Crippen molar-refractivity contribution in [2.24, 2.45) is 0 Å². The first-order chi connectivity index (χ1) is 10.3. The van der Waals surface area contributed by atoms with Crippen LogP contribution in [0.3, 0.4) is 0 Å². The highest BCUT2D eigenvalue weighted by atomic mass is 32.1. The molecule has 0 aromatic rings. The van der Waals surface area contributed by atoms with Gasteiger partial charge in [-0.1, -0.05) is 0 Å². The number of carboxylic acids is 2. The van der Waals surface area contributed by atoms with Crippen LogP contribution in [0.1, 0.15) is 19.3 Å². The minimum absolute atomic E-state index is 0.0380. The number of carbonyl (C=O) groups excluding carboxylic acids is 2. The summed E-state index contributed by atoms with van der Waals surface area (Å²) in [7, 11) is 0. The third-order valence-corrected chi connectivity index (χ3v) is 3.55. The van der Waals surface area contributed by atoms with E-state index < -0.39 is 36.4 Å². The van der Waals surface area contributed by atoms with Crippen LogP contribution in [0.15, 0.2) is 0 Å². The van der Waals surface area contributed by atoms with Crippen LogP contribution in [0.2, 0.25) is 0 Å². The molecule has 1 rings (SSSR count). The summed E-state index contributed by atoms with van der Waals surface area (Å²) in [6.45, 7) is 0.718. The van der Waals surface area contributed by atoms with Crippen LogP contribution in [0, 0.1) is 0 Å². The quantitative estimate of drug-likeness (QED) is 0.287. The van der Waals surface area contributed by atoms with Crippen LogP contribution in [0.5, 0.6) is 0 Å². The van der Waals surface area contributed by atoms with Crippen molar-refractivity contribution < 1.29 is 29.4 Å². The van der Waals surface area contributed by atoms with Gasteiger partial charge in [-0.2, -0.15) is 12.6 Å². The number of aliphatic carboxylic acids is 2. The molecule has 3 atom stereocenters. The maximum absolute atomic E-state index is 12.0. The second-order valence-electron chi connectivity index (χ2n) is 4.89. The molecule has 22 heavy (non-hydrogen) atoms. The van der Waals surface area contributed by atoms with Crippen molar-refractivity contribution in [3.8, 4) is 0 Å². The number of hydrogen-bond donors (Lipinski definition) is 6. The standard InChI is InChI=1S/C12H19N3O6S/c16-9(17)4-7(12(20)21)14-11(19)8(5-22)15-10(18)6-2-1-3-13-6/h6-8,13,22H,1-5H2,(H,14,19)(H,15,18)(H,16,17)(H,20,21)/t6-,7-,8-/m0/s1. The van der Waals surface area contributed by atoms with Crippen molar-refractivity contribution in [3.63, 3.8) is 0 Å². The van der Waals surface area contributed by atoms with Crippen LogP contribution >= 0.6 is 12.6 Å². The van der Waals surface area contributed by atoms with Crippen molar-refractivity contribution in [1.29, 1.82) is 0 Å². The fourth-order valence-corrected chi connectivity index (χ4v) is 2.28. The fraction of sp³-hybridized carbons (Fsp3) is 0.667. The monoisotopic (exact) mass is 333 g/mol.